The van der Waals surface area contributed by atoms with Crippen LogP contribution in [0, 0.1) is 10.1 Å². The first-order chi connectivity index (χ1) is 10.0. The van der Waals surface area contributed by atoms with E-state index < -0.39 is 4.92 Å². The lowest BCUT2D eigenvalue weighted by atomic mass is 10.1. The minimum absolute atomic E-state index is 0.0882. The number of phenols is 1. The van der Waals surface area contributed by atoms with Crippen LogP contribution in [-0.2, 0) is 0 Å². The topological polar surface area (TPSA) is 84.6 Å². The molecule has 0 bridgehead atoms. The Morgan fingerprint density at radius 1 is 1.33 bits per heavy atom. The van der Waals surface area contributed by atoms with Crippen LogP contribution >= 0.6 is 11.6 Å². The number of hydrogen-bond donors (Lipinski definition) is 2. The second-order valence-corrected chi connectivity index (χ2v) is 5.09. The summed E-state index contributed by atoms with van der Waals surface area (Å²) in [5.41, 5.74) is 1.13. The van der Waals surface area contributed by atoms with Crippen molar-refractivity contribution in [1.82, 2.24) is 0 Å². The third-order valence-corrected chi connectivity index (χ3v) is 3.50. The minimum Gasteiger partial charge on any atom is -0.508 e. The fourth-order valence-electron chi connectivity index (χ4n) is 2.28. The number of ether oxygens (including phenoxy) is 1. The number of nitro benzene ring substituents is 1. The van der Waals surface area contributed by atoms with Gasteiger partial charge in [0.2, 0.25) is 0 Å². The summed E-state index contributed by atoms with van der Waals surface area (Å²) >= 11 is 5.79. The Labute approximate surface area is 125 Å². The Hall–Kier alpha value is -2.47. The first-order valence-electron chi connectivity index (χ1n) is 6.21. The lowest BCUT2D eigenvalue weighted by molar-refractivity contribution is -0.384. The Bertz CT molecular complexity index is 720. The predicted molar refractivity (Wildman–Crippen MR) is 78.1 cm³/mol. The second kappa shape index (κ2) is 5.14. The molecule has 7 heteroatoms. The third kappa shape index (κ3) is 2.57. The van der Waals surface area contributed by atoms with Crippen molar-refractivity contribution in [3.05, 3.63) is 57.1 Å². The van der Waals surface area contributed by atoms with Crippen LogP contribution in [0.3, 0.4) is 0 Å². The zero-order valence-electron chi connectivity index (χ0n) is 10.7. The zero-order chi connectivity index (χ0) is 15.0. The summed E-state index contributed by atoms with van der Waals surface area (Å²) in [5.74, 6) is 0.691. The van der Waals surface area contributed by atoms with E-state index in [9.17, 15) is 15.2 Å². The molecule has 2 aromatic carbocycles. The van der Waals surface area contributed by atoms with Gasteiger partial charge in [-0.15, -0.1) is 0 Å². The van der Waals surface area contributed by atoms with Crippen LogP contribution in [-0.4, -0.2) is 16.6 Å². The summed E-state index contributed by atoms with van der Waals surface area (Å²) in [6.07, 6.45) is 0. The normalized spacial score (nSPS) is 16.1. The van der Waals surface area contributed by atoms with Crippen molar-refractivity contribution in [3.8, 4) is 11.5 Å². The molecule has 0 aliphatic carbocycles. The van der Waals surface area contributed by atoms with Crippen molar-refractivity contribution >= 4 is 23.0 Å². The number of aromatic hydroxyl groups is 1. The number of halogens is 1. The second-order valence-electron chi connectivity index (χ2n) is 4.65. The van der Waals surface area contributed by atoms with Crippen LogP contribution in [0.25, 0.3) is 0 Å². The van der Waals surface area contributed by atoms with E-state index in [0.29, 0.717) is 23.1 Å². The van der Waals surface area contributed by atoms with Gasteiger partial charge in [-0.25, -0.2) is 0 Å². The zero-order valence-corrected chi connectivity index (χ0v) is 11.5. The molecule has 0 radical (unpaired) electrons. The molecule has 0 aromatic heterocycles. The Morgan fingerprint density at radius 3 is 2.90 bits per heavy atom. The van der Waals surface area contributed by atoms with E-state index in [1.54, 1.807) is 24.3 Å². The Morgan fingerprint density at radius 2 is 2.14 bits per heavy atom. The number of fused-ring (bicyclic) bond motifs is 1. The van der Waals surface area contributed by atoms with Crippen LogP contribution in [0.5, 0.6) is 11.5 Å². The van der Waals surface area contributed by atoms with Crippen molar-refractivity contribution in [2.75, 3.05) is 11.9 Å². The molecule has 1 aliphatic rings. The highest BCUT2D eigenvalue weighted by Gasteiger charge is 2.26. The van der Waals surface area contributed by atoms with Gasteiger partial charge in [0.25, 0.3) is 5.69 Å². The lowest BCUT2D eigenvalue weighted by Crippen LogP contribution is -2.13. The molecule has 21 heavy (non-hydrogen) atoms. The largest absolute Gasteiger partial charge is 0.508 e. The maximum Gasteiger partial charge on any atom is 0.293 e. The lowest BCUT2D eigenvalue weighted by Gasteiger charge is -2.13. The average Bonchev–Trinajstić information content (AvgIpc) is 2.82. The predicted octanol–water partition coefficient (Wildman–Crippen LogP) is 3.50. The number of hydrogen-bond acceptors (Lipinski definition) is 5. The first kappa shape index (κ1) is 13.5. The molecular formula is C14H11ClN2O4. The van der Waals surface area contributed by atoms with Crippen LogP contribution < -0.4 is 10.1 Å². The van der Waals surface area contributed by atoms with Gasteiger partial charge in [-0.05, 0) is 24.3 Å². The molecule has 2 aromatic rings. The van der Waals surface area contributed by atoms with Crippen molar-refractivity contribution in [1.29, 1.82) is 0 Å². The van der Waals surface area contributed by atoms with Gasteiger partial charge in [-0.2, -0.15) is 0 Å². The van der Waals surface area contributed by atoms with E-state index in [2.05, 4.69) is 5.32 Å². The summed E-state index contributed by atoms with van der Waals surface area (Å²) in [6.45, 7) is 0.332. The molecule has 0 saturated heterocycles. The molecule has 108 valence electrons. The van der Waals surface area contributed by atoms with E-state index in [1.807, 2.05) is 0 Å². The molecule has 0 spiro atoms. The SMILES string of the molecule is O=[N+]([O-])c1cc(Cl)ccc1NC1COc2cc(O)ccc21. The van der Waals surface area contributed by atoms with Crippen molar-refractivity contribution in [2.45, 2.75) is 6.04 Å². The van der Waals surface area contributed by atoms with Crippen LogP contribution in [0.15, 0.2) is 36.4 Å². The highest BCUT2D eigenvalue weighted by Crippen LogP contribution is 2.38. The molecule has 0 fully saturated rings. The maximum atomic E-state index is 11.1. The molecule has 3 rings (SSSR count). The Kier molecular flexibility index (Phi) is 3.31. The van der Waals surface area contributed by atoms with E-state index in [0.717, 1.165) is 5.56 Å². The van der Waals surface area contributed by atoms with Crippen molar-refractivity contribution in [2.24, 2.45) is 0 Å². The van der Waals surface area contributed by atoms with Gasteiger partial charge in [0.05, 0.1) is 11.0 Å². The van der Waals surface area contributed by atoms with E-state index >= 15 is 0 Å². The van der Waals surface area contributed by atoms with Gasteiger partial charge in [0.1, 0.15) is 23.8 Å². The van der Waals surface area contributed by atoms with Crippen LogP contribution in [0.1, 0.15) is 11.6 Å². The molecular weight excluding hydrogens is 296 g/mol. The van der Waals surface area contributed by atoms with Crippen molar-refractivity contribution < 1.29 is 14.8 Å². The van der Waals surface area contributed by atoms with Gasteiger partial charge in [0.15, 0.2) is 0 Å². The quantitative estimate of drug-likeness (QED) is 0.669. The third-order valence-electron chi connectivity index (χ3n) is 3.26. The van der Waals surface area contributed by atoms with Crippen molar-refractivity contribution in [3.63, 3.8) is 0 Å². The number of nitrogens with zero attached hydrogens (tertiary/aromatic N) is 1. The van der Waals surface area contributed by atoms with Gasteiger partial charge < -0.3 is 15.2 Å². The summed E-state index contributed by atoms with van der Waals surface area (Å²) in [5, 5.41) is 23.9. The molecule has 1 aliphatic heterocycles. The molecule has 2 N–H and O–H groups in total. The summed E-state index contributed by atoms with van der Waals surface area (Å²) in [4.78, 5) is 10.6. The summed E-state index contributed by atoms with van der Waals surface area (Å²) in [6, 6.07) is 9.05. The Balaban J connectivity index is 1.91. The number of benzene rings is 2. The monoisotopic (exact) mass is 306 g/mol. The molecule has 1 unspecified atom stereocenters. The van der Waals surface area contributed by atoms with E-state index in [4.69, 9.17) is 16.3 Å². The van der Waals surface area contributed by atoms with Gasteiger partial charge in [-0.3, -0.25) is 10.1 Å². The summed E-state index contributed by atoms with van der Waals surface area (Å²) < 4.78 is 5.47. The number of rotatable bonds is 3. The van der Waals surface area contributed by atoms with Gasteiger partial charge in [0, 0.05) is 22.7 Å². The molecule has 1 atom stereocenters. The van der Waals surface area contributed by atoms with Crippen LogP contribution in [0.2, 0.25) is 5.02 Å². The highest BCUT2D eigenvalue weighted by molar-refractivity contribution is 6.30. The molecule has 0 amide bonds. The molecule has 0 saturated carbocycles. The number of phenolic OH excluding ortho intramolecular Hbond substituents is 1. The highest BCUT2D eigenvalue weighted by atomic mass is 35.5. The fourth-order valence-corrected chi connectivity index (χ4v) is 2.45. The van der Waals surface area contributed by atoms with Gasteiger partial charge in [-0.1, -0.05) is 11.6 Å². The molecule has 1 heterocycles. The standard InChI is InChI=1S/C14H11ClN2O4/c15-8-1-4-11(13(5-8)17(19)20)16-12-7-21-14-6-9(18)2-3-10(12)14/h1-6,12,16,18H,7H2. The average molecular weight is 307 g/mol. The number of anilines is 1. The van der Waals surface area contributed by atoms with Crippen LogP contribution in [0.4, 0.5) is 11.4 Å². The number of nitro groups is 1. The first-order valence-corrected chi connectivity index (χ1v) is 6.58. The smallest absolute Gasteiger partial charge is 0.293 e. The number of nitrogens with one attached hydrogen (secondary N) is 1. The maximum absolute atomic E-state index is 11.1. The van der Waals surface area contributed by atoms with Gasteiger partial charge >= 0.3 is 0 Å². The molecule has 6 nitrogen and oxygen atoms in total. The fraction of sp³-hybridized carbons (Fsp3) is 0.143. The minimum atomic E-state index is -0.484. The summed E-state index contributed by atoms with van der Waals surface area (Å²) in [7, 11) is 0. The van der Waals surface area contributed by atoms with E-state index in [1.165, 1.54) is 12.1 Å². The van der Waals surface area contributed by atoms with E-state index in [-0.39, 0.29) is 17.5 Å².